The van der Waals surface area contributed by atoms with Gasteiger partial charge in [0, 0.05) is 23.0 Å². The maximum absolute atomic E-state index is 5.47. The van der Waals surface area contributed by atoms with E-state index in [1.54, 1.807) is 0 Å². The minimum atomic E-state index is -1.00. The van der Waals surface area contributed by atoms with Crippen molar-refractivity contribution in [3.8, 4) is 0 Å². The maximum atomic E-state index is 5.47. The van der Waals surface area contributed by atoms with Crippen molar-refractivity contribution in [3.63, 3.8) is 0 Å². The Bertz CT molecular complexity index is 135. The molecule has 5 heteroatoms. The molecule has 10 heavy (non-hydrogen) atoms. The molecule has 0 atom stereocenters. The molecule has 0 nitrogen and oxygen atoms in total. The summed E-state index contributed by atoms with van der Waals surface area (Å²) in [5.74, 6) is 5.14. The third-order valence-corrected chi connectivity index (χ3v) is 12.0. The lowest BCUT2D eigenvalue weighted by atomic mass is 10.9. The van der Waals surface area contributed by atoms with Gasteiger partial charge < -0.3 is 0 Å². The second-order valence-electron chi connectivity index (χ2n) is 2.05. The molecule has 0 aromatic carbocycles. The summed E-state index contributed by atoms with van der Waals surface area (Å²) < 4.78 is -1.00. The second kappa shape index (κ2) is 4.66. The average molecular weight is 230 g/mol. The Hall–Kier alpha value is 1.70. The number of rotatable bonds is 0. The average Bonchev–Trinajstić information content (AvgIpc) is 1.81. The van der Waals surface area contributed by atoms with Crippen LogP contribution < -0.4 is 0 Å². The first-order chi connectivity index (χ1) is 4.71. The van der Waals surface area contributed by atoms with Crippen molar-refractivity contribution in [2.75, 3.05) is 29.7 Å². The molecule has 1 rings (SSSR count). The van der Waals surface area contributed by atoms with Crippen LogP contribution in [0, 0.1) is 0 Å². The van der Waals surface area contributed by atoms with E-state index >= 15 is 0 Å². The quantitative estimate of drug-likeness (QED) is 0.586. The van der Waals surface area contributed by atoms with Crippen LogP contribution in [0.15, 0.2) is 0 Å². The van der Waals surface area contributed by atoms with E-state index < -0.39 is 4.44 Å². The predicted molar refractivity (Wildman–Crippen MR) is 62.5 cm³/mol. The van der Waals surface area contributed by atoms with E-state index in [0.717, 1.165) is 0 Å². The van der Waals surface area contributed by atoms with Crippen molar-refractivity contribution in [2.24, 2.45) is 0 Å². The fourth-order valence-corrected chi connectivity index (χ4v) is 10.1. The van der Waals surface area contributed by atoms with Gasteiger partial charge in [0.05, 0.1) is 4.44 Å². The minimum Gasteiger partial charge on any atom is -0.160 e. The summed E-state index contributed by atoms with van der Waals surface area (Å²) in [6.07, 6.45) is 0. The molecule has 1 saturated heterocycles. The van der Waals surface area contributed by atoms with E-state index in [4.69, 9.17) is 11.8 Å². The molecule has 0 bridgehead atoms. The lowest BCUT2D eigenvalue weighted by molar-refractivity contribution is 1.50. The zero-order chi connectivity index (χ0) is 7.45. The highest BCUT2D eigenvalue weighted by Gasteiger charge is 2.12. The van der Waals surface area contributed by atoms with E-state index in [1.807, 2.05) is 22.8 Å². The van der Waals surface area contributed by atoms with Gasteiger partial charge >= 0.3 is 0 Å². The Labute approximate surface area is 80.2 Å². The Morgan fingerprint density at radius 1 is 1.10 bits per heavy atom. The van der Waals surface area contributed by atoms with Crippen LogP contribution >= 0.6 is 39.0 Å². The molecule has 0 radical (unpaired) electrons. The molecule has 0 N–H and O–H groups in total. The van der Waals surface area contributed by atoms with Crippen molar-refractivity contribution in [1.82, 2.24) is 0 Å². The molecule has 0 unspecified atom stereocenters. The molecule has 1 aliphatic heterocycles. The molecule has 0 aromatic heterocycles. The van der Waals surface area contributed by atoms with Crippen molar-refractivity contribution >= 4 is 50.8 Å². The van der Waals surface area contributed by atoms with Gasteiger partial charge in [-0.1, -0.05) is 11.8 Å². The van der Waals surface area contributed by atoms with Gasteiger partial charge in [0.25, 0.3) is 0 Å². The Kier molecular flexibility index (Phi) is 4.56. The fourth-order valence-electron chi connectivity index (χ4n) is 0.663. The number of thioether (sulfide) groups is 1. The summed E-state index contributed by atoms with van der Waals surface area (Å²) in [4.78, 5) is 0. The van der Waals surface area contributed by atoms with Gasteiger partial charge in [-0.25, -0.2) is 0 Å². The van der Waals surface area contributed by atoms with E-state index in [9.17, 15) is 0 Å². The van der Waals surface area contributed by atoms with E-state index in [0.29, 0.717) is 0 Å². The van der Waals surface area contributed by atoms with Crippen LogP contribution in [0.1, 0.15) is 0 Å². The van der Waals surface area contributed by atoms with Gasteiger partial charge in [0.2, 0.25) is 0 Å². The highest BCUT2D eigenvalue weighted by molar-refractivity contribution is 9.00. The van der Waals surface area contributed by atoms with Crippen molar-refractivity contribution < 1.29 is 0 Å². The third-order valence-electron chi connectivity index (χ3n) is 1.11. The Balaban J connectivity index is 2.38. The summed E-state index contributed by atoms with van der Waals surface area (Å²) in [5.41, 5.74) is 0. The Morgan fingerprint density at radius 2 is 1.60 bits per heavy atom. The first-order valence-corrected chi connectivity index (χ1v) is 10.7. The van der Waals surface area contributed by atoms with E-state index in [-0.39, 0.29) is 0 Å². The lowest BCUT2D eigenvalue weighted by Crippen LogP contribution is -1.92. The van der Waals surface area contributed by atoms with Gasteiger partial charge in [-0.3, -0.25) is 0 Å². The molecule has 0 aliphatic carbocycles. The van der Waals surface area contributed by atoms with Gasteiger partial charge in [-0.15, -0.1) is 22.8 Å². The third kappa shape index (κ3) is 3.91. The smallest absolute Gasteiger partial charge is 0.0543 e. The largest absolute Gasteiger partial charge is 0.160 e. The molecule has 1 heterocycles. The fraction of sp³-hybridized carbons (Fsp3) is 1.00. The van der Waals surface area contributed by atoms with Crippen molar-refractivity contribution in [2.45, 2.75) is 0 Å². The summed E-state index contributed by atoms with van der Waals surface area (Å²) >= 11 is 11.6. The molecular weight excluding hydrogens is 219 g/mol. The zero-order valence-electron chi connectivity index (χ0n) is 5.91. The topological polar surface area (TPSA) is 0 Å². The van der Waals surface area contributed by atoms with Gasteiger partial charge in [0.15, 0.2) is 0 Å². The first kappa shape index (κ1) is 9.79. The molecule has 0 spiro atoms. The maximum Gasteiger partial charge on any atom is 0.0543 e. The molecule has 0 saturated carbocycles. The summed E-state index contributed by atoms with van der Waals surface area (Å²) in [6, 6.07) is 0. The summed E-state index contributed by atoms with van der Waals surface area (Å²) in [7, 11) is 0. The standard InChI is InChI=1S/C5H11PS4/c1-6(7)9-4-2-8-3-5-10-6/h2-5H2,1H3. The van der Waals surface area contributed by atoms with Crippen LogP contribution in [0.5, 0.6) is 0 Å². The molecule has 0 amide bonds. The van der Waals surface area contributed by atoms with Crippen LogP contribution in [0.4, 0.5) is 0 Å². The zero-order valence-corrected chi connectivity index (χ0v) is 10.1. The van der Waals surface area contributed by atoms with E-state index in [1.165, 1.54) is 23.0 Å². The normalized spacial score (nSPS) is 26.9. The first-order valence-electron chi connectivity index (χ1n) is 3.15. The van der Waals surface area contributed by atoms with Crippen LogP contribution in [-0.2, 0) is 11.8 Å². The number of hydrogen-bond donors (Lipinski definition) is 0. The summed E-state index contributed by atoms with van der Waals surface area (Å²) in [6.45, 7) is 2.26. The lowest BCUT2D eigenvalue weighted by Gasteiger charge is -2.17. The van der Waals surface area contributed by atoms with Gasteiger partial charge in [-0.05, 0) is 6.66 Å². The van der Waals surface area contributed by atoms with Crippen LogP contribution in [0.25, 0.3) is 0 Å². The number of hydrogen-bond acceptors (Lipinski definition) is 4. The molecular formula is C5H11PS4. The van der Waals surface area contributed by atoms with Crippen molar-refractivity contribution in [1.29, 1.82) is 0 Å². The van der Waals surface area contributed by atoms with Crippen LogP contribution in [-0.4, -0.2) is 29.7 Å². The molecule has 1 fully saturated rings. The molecule has 0 aromatic rings. The van der Waals surface area contributed by atoms with Crippen LogP contribution in [0.2, 0.25) is 0 Å². The van der Waals surface area contributed by atoms with Crippen LogP contribution in [0.3, 0.4) is 0 Å². The predicted octanol–water partition coefficient (Wildman–Crippen LogP) is 3.14. The van der Waals surface area contributed by atoms with Crippen molar-refractivity contribution in [3.05, 3.63) is 0 Å². The highest BCUT2D eigenvalue weighted by Crippen LogP contribution is 2.66. The van der Waals surface area contributed by atoms with Gasteiger partial charge in [0.1, 0.15) is 0 Å². The SMILES string of the molecule is CP1(=S)SCCSCCS1. The Morgan fingerprint density at radius 3 is 2.10 bits per heavy atom. The highest BCUT2D eigenvalue weighted by atomic mass is 33.2. The second-order valence-corrected chi connectivity index (χ2v) is 16.4. The van der Waals surface area contributed by atoms with Gasteiger partial charge in [-0.2, -0.15) is 11.8 Å². The monoisotopic (exact) mass is 230 g/mol. The summed E-state index contributed by atoms with van der Waals surface area (Å²) in [5, 5.41) is 0. The minimum absolute atomic E-state index is 1.00. The molecule has 60 valence electrons. The van der Waals surface area contributed by atoms with E-state index in [2.05, 4.69) is 18.4 Å². The molecule has 1 aliphatic rings.